The number of nitrogens with one attached hydrogen (secondary N) is 1. The van der Waals surface area contributed by atoms with Crippen LogP contribution in [0.1, 0.15) is 11.1 Å². The van der Waals surface area contributed by atoms with Crippen LogP contribution in [0, 0.1) is 6.92 Å². The summed E-state index contributed by atoms with van der Waals surface area (Å²) in [5.41, 5.74) is 1.97. The number of benzene rings is 1. The molecule has 0 bridgehead atoms. The third-order valence-electron chi connectivity index (χ3n) is 2.42. The molecule has 0 aromatic heterocycles. The Bertz CT molecular complexity index is 461. The van der Waals surface area contributed by atoms with Crippen molar-refractivity contribution in [2.24, 2.45) is 0 Å². The summed E-state index contributed by atoms with van der Waals surface area (Å²) in [5, 5.41) is 2.35. The zero-order chi connectivity index (χ0) is 11.7. The topological polar surface area (TPSA) is 46.2 Å². The lowest BCUT2D eigenvalue weighted by Crippen LogP contribution is -2.25. The third kappa shape index (κ3) is 2.39. The molecule has 1 atom stereocenters. The van der Waals surface area contributed by atoms with E-state index in [9.17, 15) is 9.59 Å². The minimum Gasteiger partial charge on any atom is -0.286 e. The van der Waals surface area contributed by atoms with Gasteiger partial charge in [-0.3, -0.25) is 14.9 Å². The van der Waals surface area contributed by atoms with E-state index in [1.54, 1.807) is 0 Å². The lowest BCUT2D eigenvalue weighted by Gasteiger charge is -2.06. The zero-order valence-corrected chi connectivity index (χ0v) is 10.2. The number of thioether (sulfide) groups is 1. The van der Waals surface area contributed by atoms with Crippen molar-refractivity contribution < 1.29 is 9.59 Å². The van der Waals surface area contributed by atoms with Gasteiger partial charge in [0.2, 0.25) is 5.91 Å². The van der Waals surface area contributed by atoms with Crippen molar-refractivity contribution in [3.8, 4) is 0 Å². The van der Waals surface area contributed by atoms with Gasteiger partial charge in [0.05, 0.1) is 5.25 Å². The highest BCUT2D eigenvalue weighted by Crippen LogP contribution is 2.25. The summed E-state index contributed by atoms with van der Waals surface area (Å²) in [7, 11) is 0. The quantitative estimate of drug-likeness (QED) is 0.883. The molecule has 16 heavy (non-hydrogen) atoms. The molecule has 1 heterocycles. The number of aryl methyl sites for hydroxylation is 1. The summed E-state index contributed by atoms with van der Waals surface area (Å²) in [4.78, 5) is 22.3. The summed E-state index contributed by atoms with van der Waals surface area (Å²) in [6, 6.07) is 5.68. The van der Waals surface area contributed by atoms with Crippen LogP contribution in [0.2, 0.25) is 5.02 Å². The molecular formula is C11H10ClNO2S. The van der Waals surface area contributed by atoms with Crippen LogP contribution in [0.4, 0.5) is 4.79 Å². The number of hydrogen-bond donors (Lipinski definition) is 1. The standard InChI is InChI=1S/C11H10ClNO2S/c1-6-2-3-7(4-8(6)12)5-9-10(14)13-11(15)16-9/h2-4,9H,5H2,1H3,(H,13,14,15)/t9-/m1/s1. The molecular weight excluding hydrogens is 246 g/mol. The van der Waals surface area contributed by atoms with Gasteiger partial charge in [0.1, 0.15) is 0 Å². The first-order chi connectivity index (χ1) is 7.56. The first-order valence-corrected chi connectivity index (χ1v) is 6.08. The molecule has 1 saturated heterocycles. The monoisotopic (exact) mass is 255 g/mol. The van der Waals surface area contributed by atoms with Crippen molar-refractivity contribution in [2.75, 3.05) is 0 Å². The molecule has 1 N–H and O–H groups in total. The van der Waals surface area contributed by atoms with Crippen molar-refractivity contribution in [3.63, 3.8) is 0 Å². The predicted molar refractivity (Wildman–Crippen MR) is 64.8 cm³/mol. The van der Waals surface area contributed by atoms with E-state index in [-0.39, 0.29) is 16.4 Å². The van der Waals surface area contributed by atoms with E-state index in [0.717, 1.165) is 22.9 Å². The SMILES string of the molecule is Cc1ccc(C[C@H]2SC(=O)NC2=O)cc1Cl. The Labute approximate surface area is 103 Å². The number of imide groups is 1. The zero-order valence-electron chi connectivity index (χ0n) is 8.62. The molecule has 1 aliphatic rings. The molecule has 0 aliphatic carbocycles. The molecule has 84 valence electrons. The van der Waals surface area contributed by atoms with Gasteiger partial charge >= 0.3 is 0 Å². The summed E-state index contributed by atoms with van der Waals surface area (Å²) < 4.78 is 0. The summed E-state index contributed by atoms with van der Waals surface area (Å²) in [6.45, 7) is 1.92. The Balaban J connectivity index is 2.12. The number of rotatable bonds is 2. The minimum absolute atomic E-state index is 0.216. The molecule has 0 saturated carbocycles. The smallest absolute Gasteiger partial charge is 0.286 e. The van der Waals surface area contributed by atoms with Gasteiger partial charge in [-0.15, -0.1) is 0 Å². The molecule has 2 amide bonds. The van der Waals surface area contributed by atoms with Crippen LogP contribution < -0.4 is 5.32 Å². The Morgan fingerprint density at radius 2 is 2.19 bits per heavy atom. The van der Waals surface area contributed by atoms with Crippen LogP contribution in [0.15, 0.2) is 18.2 Å². The van der Waals surface area contributed by atoms with Crippen LogP contribution in [0.25, 0.3) is 0 Å². The predicted octanol–water partition coefficient (Wildman–Crippen LogP) is 2.54. The van der Waals surface area contributed by atoms with Crippen molar-refractivity contribution in [1.29, 1.82) is 0 Å². The van der Waals surface area contributed by atoms with E-state index in [1.807, 2.05) is 25.1 Å². The molecule has 0 spiro atoms. The van der Waals surface area contributed by atoms with Crippen LogP contribution in [-0.2, 0) is 11.2 Å². The molecule has 1 aliphatic heterocycles. The van der Waals surface area contributed by atoms with Crippen LogP contribution in [0.3, 0.4) is 0 Å². The second-order valence-corrected chi connectivity index (χ2v) is 5.25. The second-order valence-electron chi connectivity index (χ2n) is 3.67. The number of amides is 2. The highest BCUT2D eigenvalue weighted by Gasteiger charge is 2.31. The Kier molecular flexibility index (Phi) is 3.21. The first kappa shape index (κ1) is 11.5. The fourth-order valence-corrected chi connectivity index (χ4v) is 2.57. The average Bonchev–Trinajstić information content (AvgIpc) is 2.51. The molecule has 1 aromatic rings. The Morgan fingerprint density at radius 3 is 2.75 bits per heavy atom. The van der Waals surface area contributed by atoms with E-state index >= 15 is 0 Å². The van der Waals surface area contributed by atoms with Gasteiger partial charge in [0, 0.05) is 5.02 Å². The van der Waals surface area contributed by atoms with E-state index in [4.69, 9.17) is 11.6 Å². The van der Waals surface area contributed by atoms with Crippen LogP contribution >= 0.6 is 23.4 Å². The largest absolute Gasteiger partial charge is 0.286 e. The Hall–Kier alpha value is -1.00. The number of carbonyl (C=O) groups is 2. The first-order valence-electron chi connectivity index (χ1n) is 4.83. The lowest BCUT2D eigenvalue weighted by molar-refractivity contribution is -0.118. The maximum absolute atomic E-state index is 11.4. The molecule has 0 radical (unpaired) electrons. The van der Waals surface area contributed by atoms with Gasteiger partial charge in [-0.2, -0.15) is 0 Å². The summed E-state index contributed by atoms with van der Waals surface area (Å²) in [6.07, 6.45) is 0.530. The highest BCUT2D eigenvalue weighted by atomic mass is 35.5. The minimum atomic E-state index is -0.328. The molecule has 3 nitrogen and oxygen atoms in total. The normalized spacial score (nSPS) is 20.0. The van der Waals surface area contributed by atoms with E-state index in [1.165, 1.54) is 0 Å². The van der Waals surface area contributed by atoms with Crippen molar-refractivity contribution >= 4 is 34.5 Å². The van der Waals surface area contributed by atoms with Crippen LogP contribution in [-0.4, -0.2) is 16.4 Å². The molecule has 5 heteroatoms. The van der Waals surface area contributed by atoms with E-state index < -0.39 is 0 Å². The lowest BCUT2D eigenvalue weighted by atomic mass is 10.1. The maximum Gasteiger partial charge on any atom is 0.286 e. The van der Waals surface area contributed by atoms with E-state index in [2.05, 4.69) is 5.32 Å². The molecule has 2 rings (SSSR count). The summed E-state index contributed by atoms with van der Waals surface area (Å²) >= 11 is 7.03. The van der Waals surface area contributed by atoms with E-state index in [0.29, 0.717) is 11.4 Å². The summed E-state index contributed by atoms with van der Waals surface area (Å²) in [5.74, 6) is -0.216. The third-order valence-corrected chi connectivity index (χ3v) is 3.81. The average molecular weight is 256 g/mol. The molecule has 1 aromatic carbocycles. The second kappa shape index (κ2) is 4.47. The number of hydrogen-bond acceptors (Lipinski definition) is 3. The van der Waals surface area contributed by atoms with Crippen molar-refractivity contribution in [2.45, 2.75) is 18.6 Å². The van der Waals surface area contributed by atoms with Crippen LogP contribution in [0.5, 0.6) is 0 Å². The van der Waals surface area contributed by atoms with Gasteiger partial charge in [0.15, 0.2) is 0 Å². The Morgan fingerprint density at radius 1 is 1.44 bits per heavy atom. The van der Waals surface area contributed by atoms with Gasteiger partial charge < -0.3 is 0 Å². The van der Waals surface area contributed by atoms with Crippen molar-refractivity contribution in [3.05, 3.63) is 34.3 Å². The fraction of sp³-hybridized carbons (Fsp3) is 0.273. The van der Waals surface area contributed by atoms with Gasteiger partial charge in [-0.25, -0.2) is 0 Å². The number of carbonyl (C=O) groups excluding carboxylic acids is 2. The van der Waals surface area contributed by atoms with Gasteiger partial charge in [-0.05, 0) is 30.5 Å². The fourth-order valence-electron chi connectivity index (χ4n) is 1.51. The molecule has 1 fully saturated rings. The van der Waals surface area contributed by atoms with Gasteiger partial charge in [-0.1, -0.05) is 35.5 Å². The van der Waals surface area contributed by atoms with Crippen molar-refractivity contribution in [1.82, 2.24) is 5.32 Å². The number of halogens is 1. The molecule has 0 unspecified atom stereocenters. The van der Waals surface area contributed by atoms with Gasteiger partial charge in [0.25, 0.3) is 5.24 Å². The maximum atomic E-state index is 11.4. The highest BCUT2D eigenvalue weighted by molar-refractivity contribution is 8.15.